The molecule has 15 nitrogen and oxygen atoms in total. The first-order valence-electron chi connectivity index (χ1n) is 24.4. The smallest absolute Gasteiger partial charge is 0.305 e. The summed E-state index contributed by atoms with van der Waals surface area (Å²) < 4.78 is 33.3. The van der Waals surface area contributed by atoms with Crippen LogP contribution < -0.4 is 0 Å². The van der Waals surface area contributed by atoms with Gasteiger partial charge in [-0.2, -0.15) is 0 Å². The molecule has 0 saturated carbocycles. The summed E-state index contributed by atoms with van der Waals surface area (Å²) in [6, 6.07) is 0. The van der Waals surface area contributed by atoms with Gasteiger partial charge in [0.1, 0.15) is 68.1 Å². The lowest BCUT2D eigenvalue weighted by atomic mass is 9.97. The van der Waals surface area contributed by atoms with Crippen LogP contribution in [0.25, 0.3) is 0 Å². The zero-order chi connectivity index (χ0) is 45.7. The molecule has 2 rings (SSSR count). The molecule has 2 unspecified atom stereocenters. The first kappa shape index (κ1) is 56.6. The Morgan fingerprint density at radius 2 is 0.984 bits per heavy atom. The molecule has 0 bridgehead atoms. The van der Waals surface area contributed by atoms with Crippen molar-refractivity contribution in [2.24, 2.45) is 11.8 Å². The van der Waals surface area contributed by atoms with Gasteiger partial charge in [0.2, 0.25) is 0 Å². The Balaban J connectivity index is 1.79. The first-order valence-corrected chi connectivity index (χ1v) is 24.4. The molecule has 366 valence electrons. The summed E-state index contributed by atoms with van der Waals surface area (Å²) in [5.41, 5.74) is 0. The van der Waals surface area contributed by atoms with Gasteiger partial charge in [0, 0.05) is 12.8 Å². The molecular weight excluding hydrogens is 805 g/mol. The van der Waals surface area contributed by atoms with E-state index in [4.69, 9.17) is 28.4 Å². The Hall–Kier alpha value is -1.50. The zero-order valence-corrected chi connectivity index (χ0v) is 38.7. The number of aliphatic hydroxyl groups excluding tert-OH is 7. The van der Waals surface area contributed by atoms with Crippen LogP contribution in [-0.2, 0) is 38.0 Å². The Morgan fingerprint density at radius 1 is 0.532 bits per heavy atom. The topological polar surface area (TPSA) is 231 Å². The molecule has 0 radical (unpaired) electrons. The summed E-state index contributed by atoms with van der Waals surface area (Å²) in [4.78, 5) is 25.0. The molecule has 7 N–H and O–H groups in total. The molecule has 2 aliphatic rings. The summed E-state index contributed by atoms with van der Waals surface area (Å²) in [6.45, 7) is 7.09. The number of rotatable bonds is 36. The highest BCUT2D eigenvalue weighted by molar-refractivity contribution is 5.69. The van der Waals surface area contributed by atoms with Crippen LogP contribution in [0.15, 0.2) is 0 Å². The Bertz CT molecular complexity index is 1130. The van der Waals surface area contributed by atoms with Crippen molar-refractivity contribution in [2.75, 3.05) is 26.4 Å². The van der Waals surface area contributed by atoms with Gasteiger partial charge in [-0.25, -0.2) is 0 Å². The van der Waals surface area contributed by atoms with Crippen molar-refractivity contribution in [3.8, 4) is 0 Å². The molecule has 0 aliphatic carbocycles. The Labute approximate surface area is 372 Å². The maximum Gasteiger partial charge on any atom is 0.305 e. The van der Waals surface area contributed by atoms with Crippen LogP contribution >= 0.6 is 0 Å². The van der Waals surface area contributed by atoms with Crippen LogP contribution in [0.4, 0.5) is 0 Å². The molecule has 0 aromatic carbocycles. The molecular formula is C47H88O15. The van der Waals surface area contributed by atoms with Crippen LogP contribution in [0.1, 0.15) is 182 Å². The second-order valence-electron chi connectivity index (χ2n) is 18.1. The van der Waals surface area contributed by atoms with E-state index in [-0.39, 0.29) is 19.4 Å². The highest BCUT2D eigenvalue weighted by atomic mass is 16.7. The molecule has 0 aromatic heterocycles. The van der Waals surface area contributed by atoms with Crippen molar-refractivity contribution >= 4 is 11.9 Å². The van der Waals surface area contributed by atoms with E-state index in [0.29, 0.717) is 12.8 Å². The van der Waals surface area contributed by atoms with Crippen molar-refractivity contribution in [3.05, 3.63) is 0 Å². The quantitative estimate of drug-likeness (QED) is 0.0293. The SMILES string of the molecule is CCC(C)CCCCCCCCCCCCC(=O)OC[C@H](O)CO[C@H]1O[C@H](COC(=O)CCCCCCCCCCC(C)CC)[C@@H](O)[C@H](O[C@H]2O[C@H](CO)[C@@H](O)[C@H](O)[C@@H]2O)[C@@H]1O. The van der Waals surface area contributed by atoms with E-state index < -0.39 is 99.3 Å². The molecule has 0 aromatic rings. The van der Waals surface area contributed by atoms with Crippen molar-refractivity contribution in [3.63, 3.8) is 0 Å². The summed E-state index contributed by atoms with van der Waals surface area (Å²) in [7, 11) is 0. The van der Waals surface area contributed by atoms with Gasteiger partial charge in [-0.05, 0) is 24.7 Å². The number of ether oxygens (including phenoxy) is 6. The summed E-state index contributed by atoms with van der Waals surface area (Å²) in [5.74, 6) is 0.655. The lowest BCUT2D eigenvalue weighted by molar-refractivity contribution is -0.361. The first-order chi connectivity index (χ1) is 29.8. The third-order valence-electron chi connectivity index (χ3n) is 12.6. The predicted octanol–water partition coefficient (Wildman–Crippen LogP) is 5.76. The lowest BCUT2D eigenvalue weighted by Crippen LogP contribution is -2.65. The maximum absolute atomic E-state index is 12.7. The minimum absolute atomic E-state index is 0.162. The van der Waals surface area contributed by atoms with E-state index in [2.05, 4.69) is 27.7 Å². The molecule has 2 aliphatic heterocycles. The maximum atomic E-state index is 12.7. The average Bonchev–Trinajstić information content (AvgIpc) is 3.26. The Kier molecular flexibility index (Phi) is 31.0. The number of carbonyl (C=O) groups excluding carboxylic acids is 2. The highest BCUT2D eigenvalue weighted by Crippen LogP contribution is 2.30. The molecule has 0 spiro atoms. The van der Waals surface area contributed by atoms with E-state index in [1.807, 2.05) is 0 Å². The molecule has 2 fully saturated rings. The van der Waals surface area contributed by atoms with Crippen molar-refractivity contribution in [2.45, 2.75) is 249 Å². The predicted molar refractivity (Wildman–Crippen MR) is 234 cm³/mol. The normalized spacial score (nSPS) is 28.0. The van der Waals surface area contributed by atoms with E-state index in [1.54, 1.807) is 0 Å². The van der Waals surface area contributed by atoms with Crippen molar-refractivity contribution < 1.29 is 73.8 Å². The number of hydrogen-bond acceptors (Lipinski definition) is 15. The van der Waals surface area contributed by atoms with Gasteiger partial charge < -0.3 is 64.2 Å². The fourth-order valence-corrected chi connectivity index (χ4v) is 7.84. The van der Waals surface area contributed by atoms with Crippen LogP contribution in [0.3, 0.4) is 0 Å². The van der Waals surface area contributed by atoms with Crippen molar-refractivity contribution in [1.82, 2.24) is 0 Å². The summed E-state index contributed by atoms with van der Waals surface area (Å²) >= 11 is 0. The van der Waals surface area contributed by atoms with Crippen LogP contribution in [0.2, 0.25) is 0 Å². The van der Waals surface area contributed by atoms with E-state index in [9.17, 15) is 45.3 Å². The molecule has 62 heavy (non-hydrogen) atoms. The molecule has 2 heterocycles. The fourth-order valence-electron chi connectivity index (χ4n) is 7.84. The van der Waals surface area contributed by atoms with Gasteiger partial charge >= 0.3 is 11.9 Å². The Morgan fingerprint density at radius 3 is 1.47 bits per heavy atom. The summed E-state index contributed by atoms with van der Waals surface area (Å²) in [5, 5.41) is 73.7. The second-order valence-corrected chi connectivity index (χ2v) is 18.1. The third kappa shape index (κ3) is 23.1. The van der Waals surface area contributed by atoms with E-state index in [1.165, 1.54) is 89.9 Å². The molecule has 13 atom stereocenters. The van der Waals surface area contributed by atoms with Crippen molar-refractivity contribution in [1.29, 1.82) is 0 Å². The number of unbranched alkanes of at least 4 members (excludes halogenated alkanes) is 16. The number of hydrogen-bond donors (Lipinski definition) is 7. The standard InChI is InChI=1S/C47H88O15/c1-5-33(3)25-21-17-13-9-7-8-10-15-19-23-27-38(50)57-30-35(49)31-59-46-44(56)45(62-47-43(55)42(54)40(52)36(29-48)60-47)41(53)37(61-46)32-58-39(51)28-24-20-16-12-11-14-18-22-26-34(4)6-2/h33-37,40-49,52-56H,5-32H2,1-4H3/t33?,34?,35-,36+,37+,40+,41+,42-,43-,44-,45-,46-,47+/m0/s1. The largest absolute Gasteiger partial charge is 0.463 e. The number of esters is 2. The van der Waals surface area contributed by atoms with E-state index in [0.717, 1.165) is 50.4 Å². The third-order valence-corrected chi connectivity index (χ3v) is 12.6. The van der Waals surface area contributed by atoms with Gasteiger partial charge in [-0.1, -0.05) is 156 Å². The second kappa shape index (κ2) is 33.9. The molecule has 0 amide bonds. The highest BCUT2D eigenvalue weighted by Gasteiger charge is 2.51. The minimum Gasteiger partial charge on any atom is -0.463 e. The van der Waals surface area contributed by atoms with Gasteiger partial charge in [0.15, 0.2) is 12.6 Å². The van der Waals surface area contributed by atoms with Crippen LogP contribution in [0.5, 0.6) is 0 Å². The van der Waals surface area contributed by atoms with Crippen LogP contribution in [0, 0.1) is 11.8 Å². The minimum atomic E-state index is -1.83. The summed E-state index contributed by atoms with van der Waals surface area (Å²) in [6.07, 6.45) is 7.93. The molecule has 15 heteroatoms. The fraction of sp³-hybridized carbons (Fsp3) is 0.957. The number of aliphatic hydroxyl groups is 7. The van der Waals surface area contributed by atoms with Gasteiger partial charge in [-0.3, -0.25) is 9.59 Å². The van der Waals surface area contributed by atoms with Crippen LogP contribution in [-0.4, -0.2) is 142 Å². The van der Waals surface area contributed by atoms with Gasteiger partial charge in [0.25, 0.3) is 0 Å². The average molecular weight is 893 g/mol. The van der Waals surface area contributed by atoms with E-state index >= 15 is 0 Å². The van der Waals surface area contributed by atoms with Gasteiger partial charge in [0.05, 0.1) is 13.2 Å². The lowest BCUT2D eigenvalue weighted by Gasteiger charge is -2.46. The zero-order valence-electron chi connectivity index (χ0n) is 38.7. The number of carbonyl (C=O) groups is 2. The molecule has 2 saturated heterocycles. The monoisotopic (exact) mass is 893 g/mol. The van der Waals surface area contributed by atoms with Gasteiger partial charge in [-0.15, -0.1) is 0 Å².